The second kappa shape index (κ2) is 11.6. The van der Waals surface area contributed by atoms with Gasteiger partial charge in [0.1, 0.15) is 6.04 Å². The van der Waals surface area contributed by atoms with Crippen LogP contribution in [0.1, 0.15) is 22.3 Å². The van der Waals surface area contributed by atoms with Crippen LogP contribution in [0.2, 0.25) is 10.0 Å². The van der Waals surface area contributed by atoms with E-state index in [1.165, 1.54) is 19.1 Å². The molecule has 3 aromatic rings. The summed E-state index contributed by atoms with van der Waals surface area (Å²) >= 11 is 12.3. The maximum Gasteiger partial charge on any atom is 0.328 e. The van der Waals surface area contributed by atoms with Crippen molar-refractivity contribution in [2.24, 2.45) is 0 Å². The van der Waals surface area contributed by atoms with Crippen molar-refractivity contribution >= 4 is 52.8 Å². The van der Waals surface area contributed by atoms with Gasteiger partial charge in [0.2, 0.25) is 5.95 Å². The zero-order chi connectivity index (χ0) is 24.7. The van der Waals surface area contributed by atoms with Crippen molar-refractivity contribution in [3.05, 3.63) is 88.2 Å². The number of ether oxygens (including phenoxy) is 1. The number of esters is 1. The third-order valence-electron chi connectivity index (χ3n) is 5.24. The maximum atomic E-state index is 13.0. The van der Waals surface area contributed by atoms with Crippen LogP contribution in [0.15, 0.2) is 67.0 Å². The first-order chi connectivity index (χ1) is 16.3. The average Bonchev–Trinajstić information content (AvgIpc) is 2.86. The molecule has 176 valence electrons. The molecule has 0 radical (unpaired) electrons. The van der Waals surface area contributed by atoms with E-state index < -0.39 is 17.9 Å². The Kier molecular flexibility index (Phi) is 8.62. The number of aromatic nitrogens is 2. The molecule has 1 heterocycles. The zero-order valence-corrected chi connectivity index (χ0v) is 20.5. The van der Waals surface area contributed by atoms with E-state index in [1.807, 2.05) is 48.4 Å². The minimum atomic E-state index is -0.846. The highest BCUT2D eigenvalue weighted by Gasteiger charge is 2.29. The molecule has 2 aromatic carbocycles. The maximum absolute atomic E-state index is 13.0. The number of hydrogen-bond acceptors (Lipinski definition) is 6. The Morgan fingerprint density at radius 2 is 1.62 bits per heavy atom. The summed E-state index contributed by atoms with van der Waals surface area (Å²) in [6.45, 7) is 0. The van der Waals surface area contributed by atoms with Gasteiger partial charge in [-0.15, -0.1) is 0 Å². The van der Waals surface area contributed by atoms with Crippen LogP contribution < -0.4 is 4.90 Å². The molecular formula is C25H24Cl2N4O3. The van der Waals surface area contributed by atoms with E-state index >= 15 is 0 Å². The Hall–Kier alpha value is -3.42. The number of amides is 1. The van der Waals surface area contributed by atoms with Crippen molar-refractivity contribution in [2.45, 2.75) is 12.5 Å². The first-order valence-electron chi connectivity index (χ1n) is 10.4. The number of rotatable bonds is 8. The minimum absolute atomic E-state index is 0.147. The van der Waals surface area contributed by atoms with Crippen LogP contribution >= 0.6 is 23.2 Å². The third kappa shape index (κ3) is 5.92. The molecule has 7 nitrogen and oxygen atoms in total. The van der Waals surface area contributed by atoms with Crippen LogP contribution in [0.5, 0.6) is 0 Å². The predicted octanol–water partition coefficient (Wildman–Crippen LogP) is 5.27. The van der Waals surface area contributed by atoms with Crippen LogP contribution in [-0.2, 0) is 9.53 Å². The van der Waals surface area contributed by atoms with Crippen LogP contribution in [0.3, 0.4) is 0 Å². The number of methoxy groups -OCH3 is 1. The summed E-state index contributed by atoms with van der Waals surface area (Å²) in [5, 5.41) is 0.434. The Bertz CT molecular complexity index is 1150. The molecule has 1 unspecified atom stereocenters. The van der Waals surface area contributed by atoms with E-state index in [0.29, 0.717) is 5.95 Å². The molecule has 0 saturated heterocycles. The highest BCUT2D eigenvalue weighted by atomic mass is 35.5. The topological polar surface area (TPSA) is 75.6 Å². The van der Waals surface area contributed by atoms with E-state index in [0.717, 1.165) is 11.3 Å². The van der Waals surface area contributed by atoms with Crippen molar-refractivity contribution < 1.29 is 14.3 Å². The van der Waals surface area contributed by atoms with Crippen molar-refractivity contribution in [1.82, 2.24) is 14.9 Å². The molecule has 0 bridgehead atoms. The van der Waals surface area contributed by atoms with Crippen molar-refractivity contribution in [3.8, 4) is 0 Å². The molecular weight excluding hydrogens is 475 g/mol. The summed E-state index contributed by atoms with van der Waals surface area (Å²) in [5.41, 5.74) is 2.00. The predicted molar refractivity (Wildman–Crippen MR) is 135 cm³/mol. The number of likely N-dealkylation sites (N-methyl/N-ethyl adjacent to an activating group) is 1. The van der Waals surface area contributed by atoms with E-state index in [-0.39, 0.29) is 22.0 Å². The number of hydrogen-bond donors (Lipinski definition) is 0. The average molecular weight is 499 g/mol. The lowest BCUT2D eigenvalue weighted by Crippen LogP contribution is -2.43. The quantitative estimate of drug-likeness (QED) is 0.393. The van der Waals surface area contributed by atoms with E-state index in [9.17, 15) is 9.59 Å². The van der Waals surface area contributed by atoms with Crippen molar-refractivity contribution in [1.29, 1.82) is 0 Å². The molecule has 3 rings (SSSR count). The number of benzene rings is 2. The fraction of sp³-hybridized carbons (Fsp3) is 0.200. The van der Waals surface area contributed by atoms with Crippen LogP contribution in [0.25, 0.3) is 6.08 Å². The summed E-state index contributed by atoms with van der Waals surface area (Å²) in [7, 11) is 4.69. The third-order valence-corrected chi connectivity index (χ3v) is 5.87. The van der Waals surface area contributed by atoms with E-state index in [1.54, 1.807) is 36.7 Å². The van der Waals surface area contributed by atoms with Crippen LogP contribution in [0, 0.1) is 0 Å². The summed E-state index contributed by atoms with van der Waals surface area (Å²) < 4.78 is 4.92. The number of nitrogens with zero attached hydrogens (tertiary/aromatic N) is 4. The zero-order valence-electron chi connectivity index (χ0n) is 19.0. The number of carbonyl (C=O) groups excluding carboxylic acids is 2. The van der Waals surface area contributed by atoms with Gasteiger partial charge in [0.15, 0.2) is 0 Å². The normalized spacial score (nSPS) is 11.8. The van der Waals surface area contributed by atoms with Gasteiger partial charge < -0.3 is 14.5 Å². The number of halogens is 2. The van der Waals surface area contributed by atoms with E-state index in [4.69, 9.17) is 27.9 Å². The first-order valence-corrected chi connectivity index (χ1v) is 11.2. The van der Waals surface area contributed by atoms with Gasteiger partial charge in [-0.2, -0.15) is 0 Å². The molecule has 1 amide bonds. The summed E-state index contributed by atoms with van der Waals surface area (Å²) in [6.07, 6.45) is 7.32. The lowest BCUT2D eigenvalue weighted by Gasteiger charge is -2.26. The highest BCUT2D eigenvalue weighted by Crippen LogP contribution is 2.27. The van der Waals surface area contributed by atoms with Gasteiger partial charge in [-0.1, -0.05) is 53.6 Å². The molecule has 0 aliphatic rings. The largest absolute Gasteiger partial charge is 0.467 e. The first kappa shape index (κ1) is 25.2. The number of carbonyl (C=O) groups is 2. The standard InChI is InChI=1S/C25H24Cl2N4O3/c1-30(25-28-15-6-16-29-25)18-13-11-17(12-14-18)7-4-10-21(24(33)34-3)31(2)23(32)22-19(26)8-5-9-20(22)27/h4-9,11-16,21H,10H2,1-3H3/b7-4+. The Balaban J connectivity index is 1.72. The Labute approximate surface area is 208 Å². The Morgan fingerprint density at radius 3 is 2.21 bits per heavy atom. The summed E-state index contributed by atoms with van der Waals surface area (Å²) in [5.74, 6) is -0.406. The van der Waals surface area contributed by atoms with Crippen LogP contribution in [0.4, 0.5) is 11.6 Å². The summed E-state index contributed by atoms with van der Waals surface area (Å²) in [6, 6.07) is 13.5. The lowest BCUT2D eigenvalue weighted by molar-refractivity contribution is -0.145. The monoisotopic (exact) mass is 498 g/mol. The van der Waals surface area contributed by atoms with Gasteiger partial charge in [0.25, 0.3) is 5.91 Å². The van der Waals surface area contributed by atoms with Gasteiger partial charge in [-0.05, 0) is 42.3 Å². The summed E-state index contributed by atoms with van der Waals surface area (Å²) in [4.78, 5) is 37.1. The highest BCUT2D eigenvalue weighted by molar-refractivity contribution is 6.39. The van der Waals surface area contributed by atoms with Crippen LogP contribution in [-0.4, -0.2) is 54.0 Å². The van der Waals surface area contributed by atoms with Gasteiger partial charge in [0.05, 0.1) is 22.7 Å². The van der Waals surface area contributed by atoms with Gasteiger partial charge >= 0.3 is 5.97 Å². The molecule has 1 atom stereocenters. The molecule has 9 heteroatoms. The van der Waals surface area contributed by atoms with Gasteiger partial charge in [0, 0.05) is 32.2 Å². The fourth-order valence-electron chi connectivity index (χ4n) is 3.29. The van der Waals surface area contributed by atoms with Gasteiger partial charge in [-0.3, -0.25) is 4.79 Å². The molecule has 0 saturated carbocycles. The minimum Gasteiger partial charge on any atom is -0.467 e. The lowest BCUT2D eigenvalue weighted by atomic mass is 10.1. The van der Waals surface area contributed by atoms with E-state index in [2.05, 4.69) is 9.97 Å². The molecule has 34 heavy (non-hydrogen) atoms. The van der Waals surface area contributed by atoms with Crippen molar-refractivity contribution in [2.75, 3.05) is 26.1 Å². The second-order valence-corrected chi connectivity index (χ2v) is 8.20. The molecule has 0 N–H and O–H groups in total. The second-order valence-electron chi connectivity index (χ2n) is 7.39. The van der Waals surface area contributed by atoms with Crippen molar-refractivity contribution in [3.63, 3.8) is 0 Å². The molecule has 0 spiro atoms. The molecule has 0 aliphatic heterocycles. The smallest absolute Gasteiger partial charge is 0.328 e. The number of anilines is 2. The van der Waals surface area contributed by atoms with Gasteiger partial charge in [-0.25, -0.2) is 14.8 Å². The molecule has 1 aromatic heterocycles. The molecule has 0 fully saturated rings. The fourth-order valence-corrected chi connectivity index (χ4v) is 3.85. The Morgan fingerprint density at radius 1 is 1.00 bits per heavy atom. The SMILES string of the molecule is COC(=O)C(C/C=C/c1ccc(N(C)c2ncccn2)cc1)N(C)C(=O)c1c(Cl)cccc1Cl. The molecule has 0 aliphatic carbocycles.